The second-order valence-corrected chi connectivity index (χ2v) is 6.30. The molecule has 0 amide bonds. The van der Waals surface area contributed by atoms with Crippen LogP contribution in [-0.4, -0.2) is 27.7 Å². The van der Waals surface area contributed by atoms with Crippen molar-refractivity contribution >= 4 is 10.0 Å². The van der Waals surface area contributed by atoms with E-state index in [9.17, 15) is 8.42 Å². The van der Waals surface area contributed by atoms with Crippen LogP contribution in [0, 0.1) is 0 Å². The summed E-state index contributed by atoms with van der Waals surface area (Å²) in [6, 6.07) is 7.00. The molecule has 1 saturated heterocycles. The molecule has 1 aliphatic heterocycles. The summed E-state index contributed by atoms with van der Waals surface area (Å²) >= 11 is 0. The predicted octanol–water partition coefficient (Wildman–Crippen LogP) is 1.49. The van der Waals surface area contributed by atoms with Crippen molar-refractivity contribution in [2.45, 2.75) is 30.8 Å². The van der Waals surface area contributed by atoms with Crippen molar-refractivity contribution in [2.24, 2.45) is 0 Å². The molecule has 1 aromatic rings. The SMILES string of the molecule is CC(C)c1ccc(S(=O)(=O)NC[C@H]2CO2)cc1. The van der Waals surface area contributed by atoms with Crippen LogP contribution in [0.15, 0.2) is 29.2 Å². The third-order valence-corrected chi connectivity index (χ3v) is 4.20. The molecule has 1 atom stereocenters. The van der Waals surface area contributed by atoms with Crippen molar-refractivity contribution < 1.29 is 13.2 Å². The quantitative estimate of drug-likeness (QED) is 0.811. The van der Waals surface area contributed by atoms with Gasteiger partial charge in [0.15, 0.2) is 0 Å². The standard InChI is InChI=1S/C12H17NO3S/c1-9(2)10-3-5-12(6-4-10)17(14,15)13-7-11-8-16-11/h3-6,9,11,13H,7-8H2,1-2H3/t11-/m0/s1. The zero-order valence-electron chi connectivity index (χ0n) is 10.0. The van der Waals surface area contributed by atoms with Gasteiger partial charge in [-0.3, -0.25) is 0 Å². The number of sulfonamides is 1. The molecular formula is C12H17NO3S. The smallest absolute Gasteiger partial charge is 0.240 e. The van der Waals surface area contributed by atoms with Crippen LogP contribution in [0.5, 0.6) is 0 Å². The summed E-state index contributed by atoms with van der Waals surface area (Å²) in [6.45, 7) is 5.15. The summed E-state index contributed by atoms with van der Waals surface area (Å²) in [5, 5.41) is 0. The highest BCUT2D eigenvalue weighted by atomic mass is 32.2. The highest BCUT2D eigenvalue weighted by Crippen LogP contribution is 2.17. The van der Waals surface area contributed by atoms with E-state index in [-0.39, 0.29) is 6.10 Å². The summed E-state index contributed by atoms with van der Waals surface area (Å²) in [6.07, 6.45) is 0.0553. The van der Waals surface area contributed by atoms with Gasteiger partial charge in [-0.2, -0.15) is 0 Å². The van der Waals surface area contributed by atoms with Gasteiger partial charge in [-0.25, -0.2) is 13.1 Å². The molecule has 1 fully saturated rings. The number of benzene rings is 1. The minimum Gasteiger partial charge on any atom is -0.372 e. The molecular weight excluding hydrogens is 238 g/mol. The van der Waals surface area contributed by atoms with Crippen molar-refractivity contribution in [1.82, 2.24) is 4.72 Å². The third kappa shape index (κ3) is 3.28. The Morgan fingerprint density at radius 3 is 2.41 bits per heavy atom. The predicted molar refractivity (Wildman–Crippen MR) is 65.5 cm³/mol. The Kier molecular flexibility index (Phi) is 3.51. The molecule has 0 spiro atoms. The summed E-state index contributed by atoms with van der Waals surface area (Å²) in [5.74, 6) is 0.402. The number of hydrogen-bond donors (Lipinski definition) is 1. The average Bonchev–Trinajstić information content (AvgIpc) is 3.10. The normalized spacial score (nSPS) is 19.6. The van der Waals surface area contributed by atoms with Crippen LogP contribution < -0.4 is 4.72 Å². The molecule has 0 unspecified atom stereocenters. The topological polar surface area (TPSA) is 58.7 Å². The summed E-state index contributed by atoms with van der Waals surface area (Å²) in [5.41, 5.74) is 1.13. The zero-order valence-corrected chi connectivity index (χ0v) is 10.8. The molecule has 17 heavy (non-hydrogen) atoms. The molecule has 0 saturated carbocycles. The van der Waals surface area contributed by atoms with Gasteiger partial charge in [0.2, 0.25) is 10.0 Å². The molecule has 0 bridgehead atoms. The number of nitrogens with one attached hydrogen (secondary N) is 1. The first-order chi connectivity index (χ1) is 7.99. The van der Waals surface area contributed by atoms with Crippen LogP contribution in [0.2, 0.25) is 0 Å². The molecule has 2 rings (SSSR count). The van der Waals surface area contributed by atoms with Crippen molar-refractivity contribution in [3.8, 4) is 0 Å². The fraction of sp³-hybridized carbons (Fsp3) is 0.500. The maximum Gasteiger partial charge on any atom is 0.240 e. The molecule has 1 heterocycles. The van der Waals surface area contributed by atoms with Crippen molar-refractivity contribution in [1.29, 1.82) is 0 Å². The number of rotatable bonds is 5. The Morgan fingerprint density at radius 1 is 1.35 bits per heavy atom. The maximum absolute atomic E-state index is 11.9. The van der Waals surface area contributed by atoms with Gasteiger partial charge in [-0.05, 0) is 23.6 Å². The zero-order chi connectivity index (χ0) is 12.5. The second kappa shape index (κ2) is 4.76. The molecule has 0 radical (unpaired) electrons. The number of hydrogen-bond acceptors (Lipinski definition) is 3. The highest BCUT2D eigenvalue weighted by molar-refractivity contribution is 7.89. The second-order valence-electron chi connectivity index (χ2n) is 4.53. The largest absolute Gasteiger partial charge is 0.372 e. The Labute approximate surface area is 102 Å². The lowest BCUT2D eigenvalue weighted by atomic mass is 10.0. The lowest BCUT2D eigenvalue weighted by Gasteiger charge is -2.08. The van der Waals surface area contributed by atoms with Crippen molar-refractivity contribution in [3.63, 3.8) is 0 Å². The molecule has 1 N–H and O–H groups in total. The van der Waals surface area contributed by atoms with E-state index in [1.165, 1.54) is 0 Å². The van der Waals surface area contributed by atoms with E-state index in [1.54, 1.807) is 12.1 Å². The Hall–Kier alpha value is -0.910. The van der Waals surface area contributed by atoms with Gasteiger partial charge >= 0.3 is 0 Å². The van der Waals surface area contributed by atoms with E-state index >= 15 is 0 Å². The minimum absolute atomic E-state index is 0.0553. The van der Waals surface area contributed by atoms with Gasteiger partial charge in [-0.15, -0.1) is 0 Å². The van der Waals surface area contributed by atoms with E-state index in [1.807, 2.05) is 12.1 Å². The van der Waals surface area contributed by atoms with Gasteiger partial charge in [-0.1, -0.05) is 26.0 Å². The fourth-order valence-electron chi connectivity index (χ4n) is 1.50. The van der Waals surface area contributed by atoms with Gasteiger partial charge < -0.3 is 4.74 Å². The number of ether oxygens (including phenoxy) is 1. The maximum atomic E-state index is 11.9. The van der Waals surface area contributed by atoms with Gasteiger partial charge in [0.05, 0.1) is 17.6 Å². The minimum atomic E-state index is -3.39. The van der Waals surface area contributed by atoms with E-state index in [2.05, 4.69) is 18.6 Å². The first-order valence-electron chi connectivity index (χ1n) is 5.70. The molecule has 4 nitrogen and oxygen atoms in total. The van der Waals surface area contributed by atoms with Gasteiger partial charge in [0.1, 0.15) is 0 Å². The molecule has 1 aliphatic rings. The Morgan fingerprint density at radius 2 is 1.94 bits per heavy atom. The van der Waals surface area contributed by atoms with Crippen molar-refractivity contribution in [3.05, 3.63) is 29.8 Å². The molecule has 5 heteroatoms. The van der Waals surface area contributed by atoms with Crippen LogP contribution in [0.3, 0.4) is 0 Å². The first-order valence-corrected chi connectivity index (χ1v) is 7.18. The average molecular weight is 255 g/mol. The monoisotopic (exact) mass is 255 g/mol. The first kappa shape index (κ1) is 12.5. The van der Waals surface area contributed by atoms with Gasteiger partial charge in [0.25, 0.3) is 0 Å². The number of epoxide rings is 1. The Balaban J connectivity index is 2.09. The van der Waals surface area contributed by atoms with Gasteiger partial charge in [0, 0.05) is 6.54 Å². The molecule has 94 valence electrons. The lowest BCUT2D eigenvalue weighted by Crippen LogP contribution is -2.27. The van der Waals surface area contributed by atoms with Crippen LogP contribution in [0.4, 0.5) is 0 Å². The fourth-order valence-corrected chi connectivity index (χ4v) is 2.57. The van der Waals surface area contributed by atoms with E-state index < -0.39 is 10.0 Å². The van der Waals surface area contributed by atoms with Crippen LogP contribution in [-0.2, 0) is 14.8 Å². The Bertz CT molecular complexity index is 475. The summed E-state index contributed by atoms with van der Waals surface area (Å²) < 4.78 is 31.3. The van der Waals surface area contributed by atoms with Crippen LogP contribution in [0.25, 0.3) is 0 Å². The third-order valence-electron chi connectivity index (χ3n) is 2.76. The van der Waals surface area contributed by atoms with E-state index in [0.717, 1.165) is 5.56 Å². The summed E-state index contributed by atoms with van der Waals surface area (Å²) in [4.78, 5) is 0.308. The van der Waals surface area contributed by atoms with E-state index in [4.69, 9.17) is 4.74 Å². The summed E-state index contributed by atoms with van der Waals surface area (Å²) in [7, 11) is -3.39. The molecule has 0 aliphatic carbocycles. The van der Waals surface area contributed by atoms with E-state index in [0.29, 0.717) is 24.0 Å². The molecule has 1 aromatic carbocycles. The van der Waals surface area contributed by atoms with Crippen LogP contribution in [0.1, 0.15) is 25.3 Å². The lowest BCUT2D eigenvalue weighted by molar-refractivity contribution is 0.406. The molecule has 0 aromatic heterocycles. The highest BCUT2D eigenvalue weighted by Gasteiger charge is 2.25. The van der Waals surface area contributed by atoms with Crippen molar-refractivity contribution in [2.75, 3.05) is 13.2 Å². The van der Waals surface area contributed by atoms with Crippen LogP contribution >= 0.6 is 0 Å².